The van der Waals surface area contributed by atoms with Crippen LogP contribution in [0.1, 0.15) is 29.0 Å². The van der Waals surface area contributed by atoms with E-state index in [1.807, 2.05) is 0 Å². The number of aryl methyl sites for hydroxylation is 1. The molecule has 1 aliphatic heterocycles. The summed E-state index contributed by atoms with van der Waals surface area (Å²) in [6.45, 7) is 0.268. The maximum atomic E-state index is 13.5. The van der Waals surface area contributed by atoms with Gasteiger partial charge in [0.25, 0.3) is 10.0 Å². The average Bonchev–Trinajstić information content (AvgIpc) is 3.28. The zero-order chi connectivity index (χ0) is 25.5. The number of halogens is 3. The monoisotopic (exact) mass is 515 g/mol. The van der Waals surface area contributed by atoms with Crippen molar-refractivity contribution in [2.24, 2.45) is 7.05 Å². The van der Waals surface area contributed by atoms with Crippen LogP contribution < -0.4 is 9.46 Å². The Balaban J connectivity index is 1.56. The number of aromatic nitrogens is 4. The molecule has 36 heavy (non-hydrogen) atoms. The summed E-state index contributed by atoms with van der Waals surface area (Å²) in [5.41, 5.74) is 1.54. The van der Waals surface area contributed by atoms with E-state index in [2.05, 4.69) is 20.0 Å². The molecular formula is C24H20F3N5O3S. The van der Waals surface area contributed by atoms with Gasteiger partial charge in [0, 0.05) is 42.6 Å². The highest BCUT2D eigenvalue weighted by molar-refractivity contribution is 7.92. The molecule has 4 aromatic rings. The number of alkyl halides is 3. The second-order valence-corrected chi connectivity index (χ2v) is 9.93. The van der Waals surface area contributed by atoms with Crippen molar-refractivity contribution in [2.75, 3.05) is 11.3 Å². The summed E-state index contributed by atoms with van der Waals surface area (Å²) in [6.07, 6.45) is -1.05. The maximum Gasteiger partial charge on any atom is 0.416 e. The molecule has 0 saturated carbocycles. The zero-order valence-electron chi connectivity index (χ0n) is 18.9. The molecule has 0 amide bonds. The molecule has 0 radical (unpaired) electrons. The second-order valence-electron chi connectivity index (χ2n) is 8.24. The normalized spacial score (nSPS) is 15.7. The Hall–Kier alpha value is -3.93. The lowest BCUT2D eigenvalue weighted by atomic mass is 9.83. The number of benzene rings is 2. The number of nitrogens with one attached hydrogen (secondary N) is 1. The number of fused-ring (bicyclic) bond motifs is 1. The van der Waals surface area contributed by atoms with Gasteiger partial charge in [-0.25, -0.2) is 8.42 Å². The molecule has 0 fully saturated rings. The van der Waals surface area contributed by atoms with Crippen LogP contribution >= 0.6 is 0 Å². The molecule has 8 nitrogen and oxygen atoms in total. The van der Waals surface area contributed by atoms with Gasteiger partial charge in [0.15, 0.2) is 5.82 Å². The first-order chi connectivity index (χ1) is 17.1. The third kappa shape index (κ3) is 4.51. The Bertz CT molecular complexity index is 1520. The number of hydrogen-bond acceptors (Lipinski definition) is 6. The van der Waals surface area contributed by atoms with Crippen LogP contribution in [0.25, 0.3) is 11.3 Å². The summed E-state index contributed by atoms with van der Waals surface area (Å²) in [6, 6.07) is 12.8. The van der Waals surface area contributed by atoms with Gasteiger partial charge in [0.1, 0.15) is 5.75 Å². The van der Waals surface area contributed by atoms with E-state index in [4.69, 9.17) is 4.74 Å². The van der Waals surface area contributed by atoms with Crippen molar-refractivity contribution < 1.29 is 26.3 Å². The lowest BCUT2D eigenvalue weighted by molar-refractivity contribution is -0.137. The van der Waals surface area contributed by atoms with Crippen molar-refractivity contribution >= 4 is 15.8 Å². The van der Waals surface area contributed by atoms with E-state index in [-0.39, 0.29) is 23.2 Å². The van der Waals surface area contributed by atoms with E-state index < -0.39 is 21.8 Å². The first kappa shape index (κ1) is 23.8. The molecule has 0 saturated heterocycles. The predicted octanol–water partition coefficient (Wildman–Crippen LogP) is 4.61. The molecular weight excluding hydrogens is 495 g/mol. The summed E-state index contributed by atoms with van der Waals surface area (Å²) >= 11 is 0. The average molecular weight is 516 g/mol. The molecule has 186 valence electrons. The van der Waals surface area contributed by atoms with Crippen molar-refractivity contribution in [3.05, 3.63) is 83.7 Å². The fourth-order valence-electron chi connectivity index (χ4n) is 4.31. The van der Waals surface area contributed by atoms with Crippen LogP contribution in [0, 0.1) is 0 Å². The first-order valence-electron chi connectivity index (χ1n) is 10.9. The van der Waals surface area contributed by atoms with Crippen molar-refractivity contribution in [3.8, 4) is 17.0 Å². The molecule has 3 heterocycles. The van der Waals surface area contributed by atoms with Crippen LogP contribution in [-0.4, -0.2) is 35.0 Å². The number of hydrogen-bond donors (Lipinski definition) is 1. The molecule has 1 atom stereocenters. The van der Waals surface area contributed by atoms with Gasteiger partial charge < -0.3 is 4.74 Å². The number of anilines is 1. The summed E-state index contributed by atoms with van der Waals surface area (Å²) in [5, 5.41) is 11.5. The van der Waals surface area contributed by atoms with Gasteiger partial charge >= 0.3 is 6.18 Å². The van der Waals surface area contributed by atoms with Crippen molar-refractivity contribution in [2.45, 2.75) is 23.4 Å². The Kier molecular flexibility index (Phi) is 5.91. The zero-order valence-corrected chi connectivity index (χ0v) is 19.7. The third-order valence-electron chi connectivity index (χ3n) is 6.00. The van der Waals surface area contributed by atoms with Crippen LogP contribution in [0.5, 0.6) is 5.75 Å². The van der Waals surface area contributed by atoms with Gasteiger partial charge in [-0.05, 0) is 48.4 Å². The molecule has 0 bridgehead atoms. The SMILES string of the molecule is Cn1nccc1-c1cc(C(F)(F)F)ccc1[C@H]1CCOc2cc(S(=O)(=O)Nc3cccnn3)ccc21. The minimum atomic E-state index is -4.50. The molecule has 1 N–H and O–H groups in total. The summed E-state index contributed by atoms with van der Waals surface area (Å²) < 4.78 is 76.0. The van der Waals surface area contributed by atoms with Crippen LogP contribution in [0.15, 0.2) is 71.9 Å². The van der Waals surface area contributed by atoms with Gasteiger partial charge in [0.05, 0.1) is 22.8 Å². The molecule has 5 rings (SSSR count). The Labute approximate surface area is 204 Å². The van der Waals surface area contributed by atoms with Crippen molar-refractivity contribution in [1.29, 1.82) is 0 Å². The van der Waals surface area contributed by atoms with Crippen LogP contribution in [-0.2, 0) is 23.2 Å². The third-order valence-corrected chi connectivity index (χ3v) is 7.35. The highest BCUT2D eigenvalue weighted by Crippen LogP contribution is 2.44. The van der Waals surface area contributed by atoms with E-state index in [9.17, 15) is 21.6 Å². The minimum absolute atomic E-state index is 0.0353. The summed E-state index contributed by atoms with van der Waals surface area (Å²) in [4.78, 5) is -0.0353. The van der Waals surface area contributed by atoms with Gasteiger partial charge in [-0.1, -0.05) is 12.1 Å². The molecule has 2 aromatic heterocycles. The van der Waals surface area contributed by atoms with Crippen molar-refractivity contribution in [3.63, 3.8) is 0 Å². The molecule has 0 aliphatic carbocycles. The number of ether oxygens (including phenoxy) is 1. The van der Waals surface area contributed by atoms with Gasteiger partial charge in [-0.2, -0.15) is 23.4 Å². The molecule has 2 aromatic carbocycles. The van der Waals surface area contributed by atoms with E-state index in [1.165, 1.54) is 41.3 Å². The summed E-state index contributed by atoms with van der Waals surface area (Å²) in [7, 11) is -2.30. The van der Waals surface area contributed by atoms with Gasteiger partial charge in [-0.15, -0.1) is 5.10 Å². The number of sulfonamides is 1. The highest BCUT2D eigenvalue weighted by atomic mass is 32.2. The first-order valence-corrected chi connectivity index (χ1v) is 12.4. The maximum absolute atomic E-state index is 13.5. The fourth-order valence-corrected chi connectivity index (χ4v) is 5.32. The van der Waals surface area contributed by atoms with Crippen LogP contribution in [0.4, 0.5) is 19.0 Å². The molecule has 12 heteroatoms. The molecule has 1 aliphatic rings. The smallest absolute Gasteiger partial charge is 0.416 e. The molecule has 0 spiro atoms. The standard InChI is InChI=1S/C24H20F3N5O3S/c1-32-21(8-11-29-32)20-13-15(24(25,26)27)4-6-17(20)18-9-12-35-22-14-16(5-7-19(18)22)36(33,34)31-23-3-2-10-28-30-23/h2-8,10-11,13-14,18H,9,12H2,1H3,(H,30,31)/t18-/m1/s1. The van der Waals surface area contributed by atoms with E-state index in [1.54, 1.807) is 25.2 Å². The Morgan fingerprint density at radius 2 is 1.86 bits per heavy atom. The predicted molar refractivity (Wildman–Crippen MR) is 125 cm³/mol. The lowest BCUT2D eigenvalue weighted by Crippen LogP contribution is -2.19. The van der Waals surface area contributed by atoms with E-state index in [0.717, 1.165) is 12.1 Å². The number of nitrogens with zero attached hydrogens (tertiary/aromatic N) is 4. The second kappa shape index (κ2) is 8.94. The van der Waals surface area contributed by atoms with Gasteiger partial charge in [-0.3, -0.25) is 9.40 Å². The number of rotatable bonds is 5. The quantitative estimate of drug-likeness (QED) is 0.417. The van der Waals surface area contributed by atoms with Gasteiger partial charge in [0.2, 0.25) is 0 Å². The van der Waals surface area contributed by atoms with E-state index in [0.29, 0.717) is 34.6 Å². The van der Waals surface area contributed by atoms with Crippen LogP contribution in [0.2, 0.25) is 0 Å². The van der Waals surface area contributed by atoms with E-state index >= 15 is 0 Å². The summed E-state index contributed by atoms with van der Waals surface area (Å²) in [5.74, 6) is 0.106. The van der Waals surface area contributed by atoms with Crippen LogP contribution in [0.3, 0.4) is 0 Å². The lowest BCUT2D eigenvalue weighted by Gasteiger charge is -2.28. The highest BCUT2D eigenvalue weighted by Gasteiger charge is 2.33. The minimum Gasteiger partial charge on any atom is -0.493 e. The Morgan fingerprint density at radius 1 is 1.06 bits per heavy atom. The topological polar surface area (TPSA) is 99.0 Å². The largest absolute Gasteiger partial charge is 0.493 e. The van der Waals surface area contributed by atoms with Crippen molar-refractivity contribution in [1.82, 2.24) is 20.0 Å². The Morgan fingerprint density at radius 3 is 2.56 bits per heavy atom. The fraction of sp³-hybridized carbons (Fsp3) is 0.208. The molecule has 0 unspecified atom stereocenters.